The zero-order valence-corrected chi connectivity index (χ0v) is 12.5. The van der Waals surface area contributed by atoms with Gasteiger partial charge in [0.25, 0.3) is 5.91 Å². The molecule has 1 aromatic rings. The van der Waals surface area contributed by atoms with Crippen molar-refractivity contribution in [2.75, 3.05) is 13.6 Å². The molecule has 0 saturated heterocycles. The first-order chi connectivity index (χ1) is 8.73. The van der Waals surface area contributed by atoms with Crippen molar-refractivity contribution in [3.05, 3.63) is 10.6 Å². The molecule has 0 aliphatic heterocycles. The fourth-order valence-electron chi connectivity index (χ4n) is 1.56. The van der Waals surface area contributed by atoms with Crippen LogP contribution in [-0.2, 0) is 10.2 Å². The third-order valence-corrected chi connectivity index (χ3v) is 3.34. The van der Waals surface area contributed by atoms with E-state index >= 15 is 0 Å². The van der Waals surface area contributed by atoms with Crippen molar-refractivity contribution < 1.29 is 14.7 Å². The molecule has 0 spiro atoms. The number of carboxylic acid groups (broad SMARTS) is 1. The molecule has 7 heteroatoms. The average molecular weight is 285 g/mol. The van der Waals surface area contributed by atoms with E-state index in [2.05, 4.69) is 9.59 Å². The highest BCUT2D eigenvalue weighted by atomic mass is 32.1. The van der Waals surface area contributed by atoms with Gasteiger partial charge in [-0.1, -0.05) is 25.3 Å². The summed E-state index contributed by atoms with van der Waals surface area (Å²) in [5.74, 6) is -0.999. The number of carboxylic acids is 1. The third-order valence-electron chi connectivity index (χ3n) is 2.62. The van der Waals surface area contributed by atoms with Crippen LogP contribution in [-0.4, -0.2) is 45.1 Å². The molecular formula is C12H19N3O3S. The lowest BCUT2D eigenvalue weighted by atomic mass is 9.91. The van der Waals surface area contributed by atoms with E-state index in [0.717, 1.165) is 11.5 Å². The topological polar surface area (TPSA) is 83.4 Å². The smallest absolute Gasteiger partial charge is 0.303 e. The zero-order chi connectivity index (χ0) is 14.6. The molecule has 1 N–H and O–H groups in total. The molecule has 1 aromatic heterocycles. The van der Waals surface area contributed by atoms with E-state index < -0.39 is 5.97 Å². The summed E-state index contributed by atoms with van der Waals surface area (Å²) in [5, 5.41) is 12.6. The van der Waals surface area contributed by atoms with E-state index in [-0.39, 0.29) is 17.7 Å². The van der Waals surface area contributed by atoms with Crippen LogP contribution in [0, 0.1) is 0 Å². The average Bonchev–Trinajstić information content (AvgIpc) is 2.75. The summed E-state index contributed by atoms with van der Waals surface area (Å²) >= 11 is 1.08. The largest absolute Gasteiger partial charge is 0.481 e. The fourth-order valence-corrected chi connectivity index (χ4v) is 2.44. The molecule has 0 fully saturated rings. The molecule has 106 valence electrons. The fraction of sp³-hybridized carbons (Fsp3) is 0.667. The van der Waals surface area contributed by atoms with Crippen LogP contribution in [0.4, 0.5) is 0 Å². The highest BCUT2D eigenvalue weighted by molar-refractivity contribution is 7.08. The van der Waals surface area contributed by atoms with Gasteiger partial charge in [0, 0.05) is 25.4 Å². The van der Waals surface area contributed by atoms with Crippen molar-refractivity contribution in [2.45, 2.75) is 39.0 Å². The minimum atomic E-state index is -0.851. The molecule has 0 atom stereocenters. The molecule has 0 saturated carbocycles. The summed E-state index contributed by atoms with van der Waals surface area (Å²) in [4.78, 5) is 24.8. The van der Waals surface area contributed by atoms with Gasteiger partial charge in [0.15, 0.2) is 0 Å². The maximum Gasteiger partial charge on any atom is 0.303 e. The van der Waals surface area contributed by atoms with Crippen LogP contribution in [0.25, 0.3) is 0 Å². The first kappa shape index (κ1) is 15.6. The predicted molar refractivity (Wildman–Crippen MR) is 72.4 cm³/mol. The summed E-state index contributed by atoms with van der Waals surface area (Å²) in [6.07, 6.45) is 0.499. The van der Waals surface area contributed by atoms with Gasteiger partial charge in [0.1, 0.15) is 4.88 Å². The Morgan fingerprint density at radius 1 is 1.37 bits per heavy atom. The predicted octanol–water partition coefficient (Wildman–Crippen LogP) is 1.77. The van der Waals surface area contributed by atoms with Crippen LogP contribution in [0.3, 0.4) is 0 Å². The van der Waals surface area contributed by atoms with Gasteiger partial charge >= 0.3 is 5.97 Å². The van der Waals surface area contributed by atoms with E-state index in [9.17, 15) is 9.59 Å². The second-order valence-corrected chi connectivity index (χ2v) is 6.18. The second kappa shape index (κ2) is 6.10. The molecular weight excluding hydrogens is 266 g/mol. The van der Waals surface area contributed by atoms with Crippen molar-refractivity contribution in [3.63, 3.8) is 0 Å². The Morgan fingerprint density at radius 2 is 2.00 bits per heavy atom. The Labute approximate surface area is 116 Å². The minimum Gasteiger partial charge on any atom is -0.481 e. The SMILES string of the molecule is CN(CCCC(=O)O)C(=O)c1snnc1C(C)(C)C. The molecule has 0 aromatic carbocycles. The summed E-state index contributed by atoms with van der Waals surface area (Å²) in [6.45, 7) is 6.34. The maximum absolute atomic E-state index is 12.3. The zero-order valence-electron chi connectivity index (χ0n) is 11.6. The van der Waals surface area contributed by atoms with Crippen LogP contribution in [0.2, 0.25) is 0 Å². The number of aromatic nitrogens is 2. The lowest BCUT2D eigenvalue weighted by Crippen LogP contribution is -2.29. The number of aliphatic carboxylic acids is 1. The molecule has 1 amide bonds. The number of carbonyl (C=O) groups is 2. The maximum atomic E-state index is 12.3. The van der Waals surface area contributed by atoms with Crippen LogP contribution in [0.1, 0.15) is 49.0 Å². The van der Waals surface area contributed by atoms with Crippen molar-refractivity contribution in [2.24, 2.45) is 0 Å². The highest BCUT2D eigenvalue weighted by Crippen LogP contribution is 2.26. The van der Waals surface area contributed by atoms with Crippen molar-refractivity contribution in [1.29, 1.82) is 0 Å². The van der Waals surface area contributed by atoms with Gasteiger partial charge < -0.3 is 10.0 Å². The quantitative estimate of drug-likeness (QED) is 0.891. The van der Waals surface area contributed by atoms with Gasteiger partial charge in [-0.05, 0) is 18.0 Å². The monoisotopic (exact) mass is 285 g/mol. The summed E-state index contributed by atoms with van der Waals surface area (Å²) in [5.41, 5.74) is 0.451. The first-order valence-electron chi connectivity index (χ1n) is 6.03. The van der Waals surface area contributed by atoms with Gasteiger partial charge in [0.05, 0.1) is 5.69 Å². The molecule has 19 heavy (non-hydrogen) atoms. The van der Waals surface area contributed by atoms with Crippen LogP contribution < -0.4 is 0 Å². The number of nitrogens with zero attached hydrogens (tertiary/aromatic N) is 3. The minimum absolute atomic E-state index is 0.0602. The summed E-state index contributed by atoms with van der Waals surface area (Å²) in [6, 6.07) is 0. The molecule has 0 bridgehead atoms. The van der Waals surface area contributed by atoms with E-state index in [1.165, 1.54) is 4.90 Å². The summed E-state index contributed by atoms with van der Waals surface area (Å²) in [7, 11) is 1.66. The van der Waals surface area contributed by atoms with Crippen LogP contribution in [0.5, 0.6) is 0 Å². The lowest BCUT2D eigenvalue weighted by Gasteiger charge is -2.20. The molecule has 0 radical (unpaired) electrons. The Morgan fingerprint density at radius 3 is 2.53 bits per heavy atom. The number of rotatable bonds is 5. The number of hydrogen-bond donors (Lipinski definition) is 1. The third kappa shape index (κ3) is 4.27. The van der Waals surface area contributed by atoms with Crippen LogP contribution >= 0.6 is 11.5 Å². The first-order valence-corrected chi connectivity index (χ1v) is 6.81. The lowest BCUT2D eigenvalue weighted by molar-refractivity contribution is -0.137. The number of carbonyl (C=O) groups excluding carboxylic acids is 1. The normalized spacial score (nSPS) is 11.4. The van der Waals surface area contributed by atoms with Gasteiger partial charge in [-0.2, -0.15) is 0 Å². The van der Waals surface area contributed by atoms with Crippen molar-refractivity contribution in [1.82, 2.24) is 14.5 Å². The van der Waals surface area contributed by atoms with E-state index in [1.807, 2.05) is 20.8 Å². The number of hydrogen-bond acceptors (Lipinski definition) is 5. The standard InChI is InChI=1S/C12H19N3O3S/c1-12(2,3)10-9(19-14-13-10)11(18)15(4)7-5-6-8(16)17/h5-7H2,1-4H3,(H,16,17). The van der Waals surface area contributed by atoms with Crippen molar-refractivity contribution >= 4 is 23.4 Å². The molecule has 0 aliphatic carbocycles. The Balaban J connectivity index is 2.72. The van der Waals surface area contributed by atoms with E-state index in [0.29, 0.717) is 23.5 Å². The Bertz CT molecular complexity index is 465. The molecule has 0 aliphatic rings. The second-order valence-electron chi connectivity index (χ2n) is 5.42. The van der Waals surface area contributed by atoms with E-state index in [1.54, 1.807) is 7.05 Å². The molecule has 0 unspecified atom stereocenters. The van der Waals surface area contributed by atoms with E-state index in [4.69, 9.17) is 5.11 Å². The van der Waals surface area contributed by atoms with Crippen molar-refractivity contribution in [3.8, 4) is 0 Å². The summed E-state index contributed by atoms with van der Waals surface area (Å²) < 4.78 is 3.85. The number of amides is 1. The molecule has 1 rings (SSSR count). The molecule has 6 nitrogen and oxygen atoms in total. The van der Waals surface area contributed by atoms with Gasteiger partial charge in [-0.3, -0.25) is 9.59 Å². The molecule has 1 heterocycles. The van der Waals surface area contributed by atoms with Gasteiger partial charge in [0.2, 0.25) is 0 Å². The van der Waals surface area contributed by atoms with Crippen LogP contribution in [0.15, 0.2) is 0 Å². The highest BCUT2D eigenvalue weighted by Gasteiger charge is 2.27. The Hall–Kier alpha value is -1.50. The van der Waals surface area contributed by atoms with Gasteiger partial charge in [-0.15, -0.1) is 5.10 Å². The van der Waals surface area contributed by atoms with Gasteiger partial charge in [-0.25, -0.2) is 0 Å². The Kier molecular flexibility index (Phi) is 4.99.